The second-order valence-electron chi connectivity index (χ2n) is 6.75. The molecular weight excluding hydrogens is 420 g/mol. The number of amides is 1. The Morgan fingerprint density at radius 1 is 0.903 bits per heavy atom. The smallest absolute Gasteiger partial charge is 0.292 e. The van der Waals surface area contributed by atoms with Gasteiger partial charge in [-0.15, -0.1) is 0 Å². The largest absolute Gasteiger partial charge is 0.294 e. The Kier molecular flexibility index (Phi) is 6.21. The van der Waals surface area contributed by atoms with E-state index in [0.717, 1.165) is 5.56 Å². The second kappa shape index (κ2) is 8.84. The molecule has 0 aliphatic heterocycles. The Morgan fingerprint density at radius 3 is 2.23 bits per heavy atom. The van der Waals surface area contributed by atoms with E-state index in [9.17, 15) is 23.3 Å². The maximum atomic E-state index is 12.8. The molecule has 3 N–H and O–H groups in total. The van der Waals surface area contributed by atoms with Gasteiger partial charge >= 0.3 is 0 Å². The van der Waals surface area contributed by atoms with Crippen molar-refractivity contribution in [1.29, 1.82) is 0 Å². The fourth-order valence-corrected chi connectivity index (χ4v) is 3.99. The molecule has 0 bridgehead atoms. The van der Waals surface area contributed by atoms with Gasteiger partial charge in [0.2, 0.25) is 0 Å². The molecule has 0 saturated carbocycles. The quantitative estimate of drug-likeness (QED) is 0.379. The zero-order valence-corrected chi connectivity index (χ0v) is 17.6. The Balaban J connectivity index is 1.83. The van der Waals surface area contributed by atoms with Crippen molar-refractivity contribution in [3.05, 3.63) is 93.5 Å². The maximum absolute atomic E-state index is 12.8. The number of para-hydroxylation sites is 3. The van der Waals surface area contributed by atoms with E-state index in [1.165, 1.54) is 36.4 Å². The average molecular weight is 440 g/mol. The topological polar surface area (TPSA) is 130 Å². The predicted octanol–water partition coefficient (Wildman–Crippen LogP) is 3.77. The second-order valence-corrected chi connectivity index (χ2v) is 8.43. The van der Waals surface area contributed by atoms with Crippen LogP contribution in [0.1, 0.15) is 21.5 Å². The molecule has 0 aliphatic rings. The lowest BCUT2D eigenvalue weighted by molar-refractivity contribution is -0.384. The molecule has 0 aromatic heterocycles. The molecule has 0 radical (unpaired) electrons. The summed E-state index contributed by atoms with van der Waals surface area (Å²) >= 11 is 0. The monoisotopic (exact) mass is 440 g/mol. The molecule has 0 spiro atoms. The molecule has 0 heterocycles. The van der Waals surface area contributed by atoms with Crippen LogP contribution in [0.3, 0.4) is 0 Å². The van der Waals surface area contributed by atoms with Gasteiger partial charge in [0.25, 0.3) is 21.6 Å². The molecule has 160 valence electrons. The number of carbonyl (C=O) groups is 1. The third-order valence-electron chi connectivity index (χ3n) is 4.56. The SMILES string of the molecule is Cc1ccccc1NS(=O)(=O)c1ccc(C)c(C(=O)NNc2ccccc2[N+](=O)[O-])c1. The number of sulfonamides is 1. The molecule has 10 heteroatoms. The Morgan fingerprint density at radius 2 is 1.55 bits per heavy atom. The van der Waals surface area contributed by atoms with Crippen molar-refractivity contribution >= 4 is 33.0 Å². The lowest BCUT2D eigenvalue weighted by atomic mass is 10.1. The Hall–Kier alpha value is -3.92. The van der Waals surface area contributed by atoms with E-state index in [1.807, 2.05) is 0 Å². The van der Waals surface area contributed by atoms with Gasteiger partial charge in [-0.3, -0.25) is 30.5 Å². The third-order valence-corrected chi connectivity index (χ3v) is 5.93. The lowest BCUT2D eigenvalue weighted by Crippen LogP contribution is -2.30. The summed E-state index contributed by atoms with van der Waals surface area (Å²) in [6.07, 6.45) is 0. The van der Waals surface area contributed by atoms with Crippen LogP contribution in [0.2, 0.25) is 0 Å². The number of rotatable bonds is 7. The number of aryl methyl sites for hydroxylation is 2. The van der Waals surface area contributed by atoms with Gasteiger partial charge in [-0.05, 0) is 49.2 Å². The molecule has 3 aromatic carbocycles. The first kappa shape index (κ1) is 21.8. The fraction of sp³-hybridized carbons (Fsp3) is 0.0952. The van der Waals surface area contributed by atoms with Crippen LogP contribution < -0.4 is 15.6 Å². The van der Waals surface area contributed by atoms with Crippen LogP contribution in [0.5, 0.6) is 0 Å². The van der Waals surface area contributed by atoms with E-state index in [4.69, 9.17) is 0 Å². The zero-order valence-electron chi connectivity index (χ0n) is 16.7. The highest BCUT2D eigenvalue weighted by molar-refractivity contribution is 7.92. The van der Waals surface area contributed by atoms with Crippen molar-refractivity contribution < 1.29 is 18.1 Å². The maximum Gasteiger partial charge on any atom is 0.294 e. The van der Waals surface area contributed by atoms with Gasteiger partial charge in [0.15, 0.2) is 0 Å². The third kappa shape index (κ3) is 4.98. The van der Waals surface area contributed by atoms with E-state index < -0.39 is 20.9 Å². The van der Waals surface area contributed by atoms with Crippen LogP contribution in [0.25, 0.3) is 0 Å². The number of anilines is 2. The van der Waals surface area contributed by atoms with Crippen molar-refractivity contribution in [2.45, 2.75) is 18.7 Å². The lowest BCUT2D eigenvalue weighted by Gasteiger charge is -2.13. The summed E-state index contributed by atoms with van der Waals surface area (Å²) in [6, 6.07) is 16.9. The summed E-state index contributed by atoms with van der Waals surface area (Å²) < 4.78 is 28.1. The van der Waals surface area contributed by atoms with Crippen molar-refractivity contribution in [2.24, 2.45) is 0 Å². The molecule has 3 rings (SSSR count). The number of nitrogens with one attached hydrogen (secondary N) is 3. The molecule has 9 nitrogen and oxygen atoms in total. The predicted molar refractivity (Wildman–Crippen MR) is 117 cm³/mol. The van der Waals surface area contributed by atoms with Crippen LogP contribution in [-0.2, 0) is 10.0 Å². The molecule has 0 atom stereocenters. The summed E-state index contributed by atoms with van der Waals surface area (Å²) in [4.78, 5) is 23.1. The number of nitro groups is 1. The first-order valence-corrected chi connectivity index (χ1v) is 10.7. The molecular formula is C21H20N4O5S. The summed E-state index contributed by atoms with van der Waals surface area (Å²) in [5.41, 5.74) is 6.63. The van der Waals surface area contributed by atoms with Crippen molar-refractivity contribution in [1.82, 2.24) is 5.43 Å². The fourth-order valence-electron chi connectivity index (χ4n) is 2.83. The summed E-state index contributed by atoms with van der Waals surface area (Å²) in [5.74, 6) is -0.636. The van der Waals surface area contributed by atoms with E-state index >= 15 is 0 Å². The summed E-state index contributed by atoms with van der Waals surface area (Å²) in [7, 11) is -3.93. The molecule has 0 aliphatic carbocycles. The van der Waals surface area contributed by atoms with Crippen LogP contribution in [-0.4, -0.2) is 19.2 Å². The number of hydrazine groups is 1. The van der Waals surface area contributed by atoms with E-state index in [-0.39, 0.29) is 21.8 Å². The summed E-state index contributed by atoms with van der Waals surface area (Å²) in [6.45, 7) is 3.44. The van der Waals surface area contributed by atoms with Crippen LogP contribution in [0.15, 0.2) is 71.6 Å². The van der Waals surface area contributed by atoms with Gasteiger partial charge in [-0.25, -0.2) is 8.42 Å². The van der Waals surface area contributed by atoms with Crippen LogP contribution in [0, 0.1) is 24.0 Å². The number of hydrogen-bond acceptors (Lipinski definition) is 6. The van der Waals surface area contributed by atoms with E-state index in [2.05, 4.69) is 15.6 Å². The van der Waals surface area contributed by atoms with Crippen LogP contribution >= 0.6 is 0 Å². The van der Waals surface area contributed by atoms with E-state index in [0.29, 0.717) is 11.3 Å². The number of nitro benzene ring substituents is 1. The van der Waals surface area contributed by atoms with Gasteiger partial charge in [0.1, 0.15) is 5.69 Å². The zero-order chi connectivity index (χ0) is 22.6. The molecule has 0 unspecified atom stereocenters. The number of carbonyl (C=O) groups excluding carboxylic acids is 1. The minimum Gasteiger partial charge on any atom is -0.292 e. The standard InChI is InChI=1S/C21H20N4O5S/c1-14-11-12-16(31(29,30)24-18-8-4-3-7-15(18)2)13-17(14)21(26)23-22-19-9-5-6-10-20(19)25(27)28/h3-13,22,24H,1-2H3,(H,23,26). The van der Waals surface area contributed by atoms with Gasteiger partial charge in [-0.1, -0.05) is 36.4 Å². The average Bonchev–Trinajstić information content (AvgIpc) is 2.74. The first-order valence-electron chi connectivity index (χ1n) is 9.18. The van der Waals surface area contributed by atoms with Gasteiger partial charge in [-0.2, -0.15) is 0 Å². The number of benzene rings is 3. The van der Waals surface area contributed by atoms with Crippen LogP contribution in [0.4, 0.5) is 17.1 Å². The minimum atomic E-state index is -3.93. The molecule has 0 saturated heterocycles. The molecule has 3 aromatic rings. The van der Waals surface area contributed by atoms with E-state index in [1.54, 1.807) is 44.2 Å². The highest BCUT2D eigenvalue weighted by atomic mass is 32.2. The normalized spacial score (nSPS) is 10.9. The molecule has 31 heavy (non-hydrogen) atoms. The highest BCUT2D eigenvalue weighted by Crippen LogP contribution is 2.23. The summed E-state index contributed by atoms with van der Waals surface area (Å²) in [5, 5.41) is 11.1. The Bertz CT molecular complexity index is 1260. The molecule has 0 fully saturated rings. The Labute approximate surface area is 179 Å². The van der Waals surface area contributed by atoms with Gasteiger partial charge in [0, 0.05) is 11.6 Å². The first-order chi connectivity index (χ1) is 14.7. The van der Waals surface area contributed by atoms with Crippen molar-refractivity contribution in [3.63, 3.8) is 0 Å². The van der Waals surface area contributed by atoms with Gasteiger partial charge in [0.05, 0.1) is 15.5 Å². The molecule has 1 amide bonds. The van der Waals surface area contributed by atoms with Crippen molar-refractivity contribution in [2.75, 3.05) is 10.1 Å². The van der Waals surface area contributed by atoms with Crippen molar-refractivity contribution in [3.8, 4) is 0 Å². The minimum absolute atomic E-state index is 0.0859. The number of nitrogens with zero attached hydrogens (tertiary/aromatic N) is 1. The van der Waals surface area contributed by atoms with Gasteiger partial charge < -0.3 is 0 Å². The number of hydrogen-bond donors (Lipinski definition) is 3. The highest BCUT2D eigenvalue weighted by Gasteiger charge is 2.20.